The van der Waals surface area contributed by atoms with Crippen LogP contribution in [0.25, 0.3) is 0 Å². The van der Waals surface area contributed by atoms with Crippen LogP contribution in [0.15, 0.2) is 60.7 Å². The molecule has 0 radical (unpaired) electrons. The van der Waals surface area contributed by atoms with Gasteiger partial charge in [-0.05, 0) is 24.0 Å². The zero-order valence-corrected chi connectivity index (χ0v) is 15.7. The quantitative estimate of drug-likeness (QED) is 0.709. The molecule has 0 heterocycles. The highest BCUT2D eigenvalue weighted by atomic mass is 16.5. The number of esters is 2. The normalized spacial score (nSPS) is 15.2. The fraction of sp³-hybridized carbons (Fsp3) is 0.318. The molecular weight excluding hydrogens is 358 g/mol. The van der Waals surface area contributed by atoms with Crippen LogP contribution in [-0.4, -0.2) is 37.6 Å². The van der Waals surface area contributed by atoms with E-state index in [1.807, 2.05) is 60.7 Å². The lowest BCUT2D eigenvalue weighted by atomic mass is 9.96. The predicted octanol–water partition coefficient (Wildman–Crippen LogP) is 2.16. The largest absolute Gasteiger partial charge is 0.467 e. The van der Waals surface area contributed by atoms with Gasteiger partial charge in [0.1, 0.15) is 6.04 Å². The van der Waals surface area contributed by atoms with Crippen LogP contribution < -0.4 is 5.32 Å². The van der Waals surface area contributed by atoms with Gasteiger partial charge >= 0.3 is 11.9 Å². The van der Waals surface area contributed by atoms with Crippen molar-refractivity contribution in [3.63, 3.8) is 0 Å². The minimum atomic E-state index is -0.845. The second-order valence-corrected chi connectivity index (χ2v) is 6.86. The molecule has 1 amide bonds. The van der Waals surface area contributed by atoms with Gasteiger partial charge in [-0.25, -0.2) is 4.79 Å². The summed E-state index contributed by atoms with van der Waals surface area (Å²) in [5.74, 6) is -1.50. The van der Waals surface area contributed by atoms with Gasteiger partial charge in [-0.1, -0.05) is 60.7 Å². The Hall–Kier alpha value is -3.15. The Bertz CT molecular complexity index is 831. The molecule has 6 nitrogen and oxygen atoms in total. The van der Waals surface area contributed by atoms with Crippen molar-refractivity contribution in [3.05, 3.63) is 71.8 Å². The van der Waals surface area contributed by atoms with Crippen molar-refractivity contribution in [2.75, 3.05) is 13.7 Å². The molecule has 0 aliphatic heterocycles. The molecule has 28 heavy (non-hydrogen) atoms. The van der Waals surface area contributed by atoms with Crippen molar-refractivity contribution in [3.8, 4) is 0 Å². The Balaban J connectivity index is 1.56. The molecule has 2 aromatic carbocycles. The van der Waals surface area contributed by atoms with Gasteiger partial charge in [0.15, 0.2) is 6.61 Å². The van der Waals surface area contributed by atoms with Crippen LogP contribution in [-0.2, 0) is 35.7 Å². The molecular formula is C22H23NO5. The van der Waals surface area contributed by atoms with Crippen molar-refractivity contribution >= 4 is 17.8 Å². The van der Waals surface area contributed by atoms with Crippen LogP contribution >= 0.6 is 0 Å². The number of benzene rings is 2. The minimum Gasteiger partial charge on any atom is -0.467 e. The van der Waals surface area contributed by atoms with Gasteiger partial charge in [-0.2, -0.15) is 0 Å². The maximum absolute atomic E-state index is 12.5. The highest BCUT2D eigenvalue weighted by molar-refractivity contribution is 5.90. The highest BCUT2D eigenvalue weighted by Gasteiger charge is 2.52. The van der Waals surface area contributed by atoms with Crippen molar-refractivity contribution in [2.45, 2.75) is 30.7 Å². The third-order valence-corrected chi connectivity index (χ3v) is 4.91. The third kappa shape index (κ3) is 4.57. The number of hydrogen-bond donors (Lipinski definition) is 1. The Morgan fingerprint density at radius 1 is 1.00 bits per heavy atom. The molecule has 1 fully saturated rings. The molecule has 0 bridgehead atoms. The van der Waals surface area contributed by atoms with Gasteiger partial charge in [0.05, 0.1) is 12.5 Å². The van der Waals surface area contributed by atoms with E-state index in [2.05, 4.69) is 5.32 Å². The Morgan fingerprint density at radius 2 is 1.61 bits per heavy atom. The first-order valence-electron chi connectivity index (χ1n) is 9.19. The summed E-state index contributed by atoms with van der Waals surface area (Å²) in [7, 11) is 1.27. The van der Waals surface area contributed by atoms with Gasteiger partial charge in [0, 0.05) is 6.42 Å². The van der Waals surface area contributed by atoms with E-state index in [0.29, 0.717) is 19.3 Å². The second-order valence-electron chi connectivity index (χ2n) is 6.86. The number of methoxy groups -OCH3 is 1. The van der Waals surface area contributed by atoms with Crippen LogP contribution in [0.3, 0.4) is 0 Å². The highest BCUT2D eigenvalue weighted by Crippen LogP contribution is 2.49. The number of carbonyl (C=O) groups excluding carboxylic acids is 3. The van der Waals surface area contributed by atoms with Crippen molar-refractivity contribution in [1.82, 2.24) is 5.32 Å². The van der Waals surface area contributed by atoms with E-state index < -0.39 is 35.9 Å². The molecule has 146 valence electrons. The molecule has 1 atom stereocenters. The number of amides is 1. The van der Waals surface area contributed by atoms with E-state index in [-0.39, 0.29) is 0 Å². The van der Waals surface area contributed by atoms with Crippen molar-refractivity contribution < 1.29 is 23.9 Å². The molecule has 1 saturated carbocycles. The molecule has 1 aliphatic rings. The Morgan fingerprint density at radius 3 is 2.18 bits per heavy atom. The minimum absolute atomic E-state index is 0.293. The topological polar surface area (TPSA) is 81.7 Å². The van der Waals surface area contributed by atoms with Gasteiger partial charge in [-0.3, -0.25) is 9.59 Å². The molecule has 1 N–H and O–H groups in total. The summed E-state index contributed by atoms with van der Waals surface area (Å²) in [6, 6.07) is 17.9. The Kier molecular flexibility index (Phi) is 6.09. The fourth-order valence-corrected chi connectivity index (χ4v) is 3.18. The third-order valence-electron chi connectivity index (χ3n) is 4.91. The molecule has 1 aliphatic carbocycles. The standard InChI is InChI=1S/C22H23NO5/c1-27-20(25)18(14-16-8-4-2-5-9-16)23-19(24)15-28-21(26)22(12-13-22)17-10-6-3-7-11-17/h2-11,18H,12-15H2,1H3,(H,23,24)/t18-/m0/s1. The Labute approximate surface area is 163 Å². The maximum Gasteiger partial charge on any atom is 0.328 e. The van der Waals surface area contributed by atoms with Crippen LogP contribution in [0.2, 0.25) is 0 Å². The van der Waals surface area contributed by atoms with Gasteiger partial charge < -0.3 is 14.8 Å². The predicted molar refractivity (Wildman–Crippen MR) is 102 cm³/mol. The lowest BCUT2D eigenvalue weighted by Gasteiger charge is -2.18. The van der Waals surface area contributed by atoms with E-state index in [1.54, 1.807) is 0 Å². The molecule has 3 rings (SSSR count). The molecule has 0 spiro atoms. The number of rotatable bonds is 8. The lowest BCUT2D eigenvalue weighted by Crippen LogP contribution is -2.45. The molecule has 6 heteroatoms. The number of ether oxygens (including phenoxy) is 2. The first-order valence-corrected chi connectivity index (χ1v) is 9.19. The van der Waals surface area contributed by atoms with Crippen LogP contribution in [0.5, 0.6) is 0 Å². The molecule has 0 aromatic heterocycles. The molecule has 2 aromatic rings. The van der Waals surface area contributed by atoms with Gasteiger partial charge in [-0.15, -0.1) is 0 Å². The monoisotopic (exact) mass is 381 g/mol. The summed E-state index contributed by atoms with van der Waals surface area (Å²) in [6.07, 6.45) is 1.70. The average Bonchev–Trinajstić information content (AvgIpc) is 3.54. The smallest absolute Gasteiger partial charge is 0.328 e. The van der Waals surface area contributed by atoms with E-state index in [4.69, 9.17) is 9.47 Å². The summed E-state index contributed by atoms with van der Waals surface area (Å²) < 4.78 is 10.0. The summed E-state index contributed by atoms with van der Waals surface area (Å²) in [5.41, 5.74) is 1.14. The number of carbonyl (C=O) groups is 3. The first-order chi connectivity index (χ1) is 13.5. The van der Waals surface area contributed by atoms with E-state index in [9.17, 15) is 14.4 Å². The maximum atomic E-state index is 12.5. The van der Waals surface area contributed by atoms with Gasteiger partial charge in [0.25, 0.3) is 5.91 Å². The number of nitrogens with one attached hydrogen (secondary N) is 1. The summed E-state index contributed by atoms with van der Waals surface area (Å²) in [5, 5.41) is 2.59. The lowest BCUT2D eigenvalue weighted by molar-refractivity contribution is -0.152. The average molecular weight is 381 g/mol. The van der Waals surface area contributed by atoms with E-state index in [0.717, 1.165) is 11.1 Å². The van der Waals surface area contributed by atoms with Crippen LogP contribution in [0.1, 0.15) is 24.0 Å². The second kappa shape index (κ2) is 8.69. The molecule has 0 saturated heterocycles. The summed E-state index contributed by atoms with van der Waals surface area (Å²) in [6.45, 7) is -0.435. The zero-order chi connectivity index (χ0) is 20.0. The fourth-order valence-electron chi connectivity index (χ4n) is 3.18. The first kappa shape index (κ1) is 19.6. The van der Waals surface area contributed by atoms with Crippen LogP contribution in [0.4, 0.5) is 0 Å². The SMILES string of the molecule is COC(=O)[C@H](Cc1ccccc1)NC(=O)COC(=O)C1(c2ccccc2)CC1. The van der Waals surface area contributed by atoms with E-state index in [1.165, 1.54) is 7.11 Å². The zero-order valence-electron chi connectivity index (χ0n) is 15.7. The van der Waals surface area contributed by atoms with Gasteiger partial charge in [0.2, 0.25) is 0 Å². The van der Waals surface area contributed by atoms with Crippen LogP contribution in [0, 0.1) is 0 Å². The summed E-state index contributed by atoms with van der Waals surface area (Å²) >= 11 is 0. The number of hydrogen-bond acceptors (Lipinski definition) is 5. The summed E-state index contributed by atoms with van der Waals surface area (Å²) in [4.78, 5) is 36.8. The van der Waals surface area contributed by atoms with Crippen molar-refractivity contribution in [2.24, 2.45) is 0 Å². The molecule has 0 unspecified atom stereocenters. The van der Waals surface area contributed by atoms with Crippen molar-refractivity contribution in [1.29, 1.82) is 0 Å². The van der Waals surface area contributed by atoms with E-state index >= 15 is 0 Å².